The number of rotatable bonds is 3. The van der Waals surface area contributed by atoms with Gasteiger partial charge in [0.1, 0.15) is 12.0 Å². The van der Waals surface area contributed by atoms with Crippen molar-refractivity contribution in [3.05, 3.63) is 27.9 Å². The topological polar surface area (TPSA) is 68.1 Å². The second-order valence-corrected chi connectivity index (χ2v) is 5.00. The summed E-state index contributed by atoms with van der Waals surface area (Å²) in [5, 5.41) is 13.9. The summed E-state index contributed by atoms with van der Waals surface area (Å²) in [5.74, 6) is 0.721. The third-order valence-corrected chi connectivity index (χ3v) is 3.12. The van der Waals surface area contributed by atoms with Gasteiger partial charge in [0.15, 0.2) is 0 Å². The Morgan fingerprint density at radius 3 is 2.69 bits per heavy atom. The van der Waals surface area contributed by atoms with E-state index in [1.54, 1.807) is 13.0 Å². The Bertz CT molecular complexity index is 443. The van der Waals surface area contributed by atoms with E-state index in [-0.39, 0.29) is 5.69 Å². The molecular formula is C11H15N3O2. The Morgan fingerprint density at radius 1 is 1.62 bits per heavy atom. The van der Waals surface area contributed by atoms with Gasteiger partial charge in [-0.15, -0.1) is 0 Å². The molecule has 1 unspecified atom stereocenters. The lowest BCUT2D eigenvalue weighted by Gasteiger charge is -2.07. The maximum absolute atomic E-state index is 10.6. The van der Waals surface area contributed by atoms with Crippen molar-refractivity contribution in [3.63, 3.8) is 0 Å². The van der Waals surface area contributed by atoms with E-state index in [0.717, 1.165) is 12.2 Å². The van der Waals surface area contributed by atoms with Gasteiger partial charge in [-0.3, -0.25) is 10.1 Å². The van der Waals surface area contributed by atoms with Gasteiger partial charge in [-0.25, -0.2) is 4.98 Å². The summed E-state index contributed by atoms with van der Waals surface area (Å²) in [5.41, 5.74) is 1.03. The molecule has 1 aromatic rings. The van der Waals surface area contributed by atoms with Gasteiger partial charge >= 0.3 is 0 Å². The Hall–Kier alpha value is -1.65. The van der Waals surface area contributed by atoms with E-state index in [9.17, 15) is 10.1 Å². The number of aryl methyl sites for hydroxylation is 1. The highest BCUT2D eigenvalue weighted by atomic mass is 16.6. The van der Waals surface area contributed by atoms with Crippen LogP contribution in [0.5, 0.6) is 0 Å². The Morgan fingerprint density at radius 2 is 2.25 bits per heavy atom. The first-order chi connectivity index (χ1) is 7.40. The zero-order chi connectivity index (χ0) is 11.9. The van der Waals surface area contributed by atoms with Crippen LogP contribution in [0.25, 0.3) is 0 Å². The Balaban J connectivity index is 2.13. The fourth-order valence-electron chi connectivity index (χ4n) is 1.71. The van der Waals surface area contributed by atoms with Crippen molar-refractivity contribution in [1.29, 1.82) is 0 Å². The zero-order valence-electron chi connectivity index (χ0n) is 9.65. The molecule has 1 aliphatic carbocycles. The van der Waals surface area contributed by atoms with Crippen molar-refractivity contribution in [3.8, 4) is 0 Å². The minimum Gasteiger partial charge on any atom is -0.367 e. The normalized spacial score (nSPS) is 21.6. The molecule has 0 bridgehead atoms. The van der Waals surface area contributed by atoms with E-state index in [1.165, 1.54) is 6.20 Å². The average molecular weight is 221 g/mol. The first-order valence-electron chi connectivity index (χ1n) is 5.28. The Labute approximate surface area is 94.0 Å². The highest BCUT2D eigenvalue weighted by molar-refractivity contribution is 5.48. The van der Waals surface area contributed by atoms with E-state index in [4.69, 9.17) is 0 Å². The summed E-state index contributed by atoms with van der Waals surface area (Å²) in [6, 6.07) is 2.16. The summed E-state index contributed by atoms with van der Waals surface area (Å²) in [4.78, 5) is 14.3. The predicted octanol–water partition coefficient (Wildman–Crippen LogP) is 2.51. The van der Waals surface area contributed by atoms with Gasteiger partial charge in [-0.2, -0.15) is 0 Å². The minimum atomic E-state index is -0.410. The summed E-state index contributed by atoms with van der Waals surface area (Å²) in [6.45, 7) is 6.09. The molecule has 0 amide bonds. The number of pyridine rings is 1. The highest BCUT2D eigenvalue weighted by Gasteiger charge is 2.45. The molecule has 5 nitrogen and oxygen atoms in total. The number of hydrogen-bond donors (Lipinski definition) is 1. The molecule has 1 saturated carbocycles. The number of nitrogens with one attached hydrogen (secondary N) is 1. The van der Waals surface area contributed by atoms with Crippen molar-refractivity contribution < 1.29 is 4.92 Å². The largest absolute Gasteiger partial charge is 0.367 e. The molecule has 1 aromatic heterocycles. The molecule has 2 rings (SSSR count). The van der Waals surface area contributed by atoms with Gasteiger partial charge in [0.05, 0.1) is 4.92 Å². The van der Waals surface area contributed by atoms with E-state index < -0.39 is 4.92 Å². The molecule has 0 spiro atoms. The second kappa shape index (κ2) is 3.43. The van der Waals surface area contributed by atoms with Crippen LogP contribution in [-0.2, 0) is 0 Å². The van der Waals surface area contributed by atoms with Crippen molar-refractivity contribution in [1.82, 2.24) is 4.98 Å². The summed E-state index contributed by atoms with van der Waals surface area (Å²) in [7, 11) is 0. The van der Waals surface area contributed by atoms with Gasteiger partial charge in [-0.1, -0.05) is 13.8 Å². The molecule has 0 aliphatic heterocycles. The van der Waals surface area contributed by atoms with Crippen LogP contribution < -0.4 is 5.32 Å². The number of hydrogen-bond acceptors (Lipinski definition) is 4. The van der Waals surface area contributed by atoms with Crippen molar-refractivity contribution in [2.45, 2.75) is 33.2 Å². The van der Waals surface area contributed by atoms with E-state index in [2.05, 4.69) is 24.1 Å². The van der Waals surface area contributed by atoms with Gasteiger partial charge in [0.2, 0.25) is 0 Å². The number of anilines is 1. The molecule has 1 aliphatic rings. The van der Waals surface area contributed by atoms with Crippen molar-refractivity contribution in [2.75, 3.05) is 5.32 Å². The molecule has 1 fully saturated rings. The molecule has 0 saturated heterocycles. The molecule has 5 heteroatoms. The molecule has 16 heavy (non-hydrogen) atoms. The molecule has 86 valence electrons. The van der Waals surface area contributed by atoms with Gasteiger partial charge < -0.3 is 5.32 Å². The highest BCUT2D eigenvalue weighted by Crippen LogP contribution is 2.46. The van der Waals surface area contributed by atoms with Crippen LogP contribution in [0.1, 0.15) is 25.8 Å². The van der Waals surface area contributed by atoms with Crippen LogP contribution in [0.15, 0.2) is 12.3 Å². The van der Waals surface area contributed by atoms with E-state index in [1.807, 2.05) is 0 Å². The Kier molecular flexibility index (Phi) is 2.33. The van der Waals surface area contributed by atoms with Gasteiger partial charge in [0, 0.05) is 11.6 Å². The standard InChI is InChI=1S/C11H15N3O2/c1-7-4-10(12-6-8(7)14(15)16)13-9-5-11(9,2)3/h4,6,9H,5H2,1-3H3,(H,12,13). The van der Waals surface area contributed by atoms with Crippen LogP contribution in [0.4, 0.5) is 11.5 Å². The fourth-order valence-corrected chi connectivity index (χ4v) is 1.71. The number of nitrogens with zero attached hydrogens (tertiary/aromatic N) is 2. The average Bonchev–Trinajstić information content (AvgIpc) is 2.72. The quantitative estimate of drug-likeness (QED) is 0.629. The van der Waals surface area contributed by atoms with Crippen LogP contribution in [0.2, 0.25) is 0 Å². The third-order valence-electron chi connectivity index (χ3n) is 3.12. The maximum atomic E-state index is 10.6. The number of nitro groups is 1. The minimum absolute atomic E-state index is 0.0700. The maximum Gasteiger partial charge on any atom is 0.290 e. The predicted molar refractivity (Wildman–Crippen MR) is 61.4 cm³/mol. The fraction of sp³-hybridized carbons (Fsp3) is 0.545. The third kappa shape index (κ3) is 1.98. The molecule has 1 heterocycles. The lowest BCUT2D eigenvalue weighted by atomic mass is 10.2. The molecule has 0 radical (unpaired) electrons. The first kappa shape index (κ1) is 10.9. The van der Waals surface area contributed by atoms with Crippen LogP contribution in [-0.4, -0.2) is 15.9 Å². The van der Waals surface area contributed by atoms with E-state index >= 15 is 0 Å². The smallest absolute Gasteiger partial charge is 0.290 e. The second-order valence-electron chi connectivity index (χ2n) is 5.00. The lowest BCUT2D eigenvalue weighted by Crippen LogP contribution is -2.10. The summed E-state index contributed by atoms with van der Waals surface area (Å²) in [6.07, 6.45) is 2.43. The number of aromatic nitrogens is 1. The molecular weight excluding hydrogens is 206 g/mol. The SMILES string of the molecule is Cc1cc(NC2CC2(C)C)ncc1[N+](=O)[O-]. The van der Waals surface area contributed by atoms with Gasteiger partial charge in [-0.05, 0) is 24.8 Å². The zero-order valence-corrected chi connectivity index (χ0v) is 9.65. The molecule has 1 atom stereocenters. The van der Waals surface area contributed by atoms with Crippen LogP contribution >= 0.6 is 0 Å². The summed E-state index contributed by atoms with van der Waals surface area (Å²) < 4.78 is 0. The summed E-state index contributed by atoms with van der Waals surface area (Å²) >= 11 is 0. The van der Waals surface area contributed by atoms with Crippen molar-refractivity contribution in [2.24, 2.45) is 5.41 Å². The van der Waals surface area contributed by atoms with Gasteiger partial charge in [0.25, 0.3) is 5.69 Å². The lowest BCUT2D eigenvalue weighted by molar-refractivity contribution is -0.385. The van der Waals surface area contributed by atoms with E-state index in [0.29, 0.717) is 17.0 Å². The molecule has 0 aromatic carbocycles. The monoisotopic (exact) mass is 221 g/mol. The van der Waals surface area contributed by atoms with Crippen LogP contribution in [0.3, 0.4) is 0 Å². The van der Waals surface area contributed by atoms with Crippen LogP contribution in [0, 0.1) is 22.5 Å². The molecule has 1 N–H and O–H groups in total. The van der Waals surface area contributed by atoms with Crippen molar-refractivity contribution >= 4 is 11.5 Å². The first-order valence-corrected chi connectivity index (χ1v) is 5.28.